The van der Waals surface area contributed by atoms with E-state index in [4.69, 9.17) is 4.42 Å². The van der Waals surface area contributed by atoms with Gasteiger partial charge in [0.2, 0.25) is 0 Å². The van der Waals surface area contributed by atoms with Gasteiger partial charge in [0, 0.05) is 0 Å². The molecule has 2 heteroatoms. The second-order valence-corrected chi connectivity index (χ2v) is 5.14. The molecule has 0 saturated heterocycles. The summed E-state index contributed by atoms with van der Waals surface area (Å²) >= 11 is 0. The van der Waals surface area contributed by atoms with Crippen LogP contribution in [0.5, 0.6) is 0 Å². The highest BCUT2D eigenvalue weighted by Gasteiger charge is 2.12. The van der Waals surface area contributed by atoms with Crippen molar-refractivity contribution >= 4 is 0 Å². The summed E-state index contributed by atoms with van der Waals surface area (Å²) in [5.74, 6) is 0.610. The first kappa shape index (κ1) is 13.9. The van der Waals surface area contributed by atoms with Crippen molar-refractivity contribution in [3.05, 3.63) is 59.5 Å². The highest BCUT2D eigenvalue weighted by molar-refractivity contribution is 5.26. The topological polar surface area (TPSA) is 25.2 Å². The maximum absolute atomic E-state index is 5.17. The number of hydrogen-bond acceptors (Lipinski definition) is 2. The fraction of sp³-hybridized carbons (Fsp3) is 0.412. The van der Waals surface area contributed by atoms with Crippen LogP contribution in [-0.2, 0) is 12.8 Å². The van der Waals surface area contributed by atoms with Gasteiger partial charge in [-0.05, 0) is 61.5 Å². The van der Waals surface area contributed by atoms with Gasteiger partial charge in [-0.2, -0.15) is 0 Å². The first-order valence-corrected chi connectivity index (χ1v) is 7.06. The van der Waals surface area contributed by atoms with E-state index in [0.29, 0.717) is 5.92 Å². The van der Waals surface area contributed by atoms with Gasteiger partial charge in [-0.25, -0.2) is 0 Å². The molecule has 19 heavy (non-hydrogen) atoms. The van der Waals surface area contributed by atoms with Crippen molar-refractivity contribution in [2.24, 2.45) is 5.92 Å². The van der Waals surface area contributed by atoms with E-state index in [1.807, 2.05) is 6.26 Å². The summed E-state index contributed by atoms with van der Waals surface area (Å²) in [4.78, 5) is 0. The van der Waals surface area contributed by atoms with Crippen LogP contribution in [0.1, 0.15) is 23.6 Å². The van der Waals surface area contributed by atoms with Crippen molar-refractivity contribution in [1.29, 1.82) is 0 Å². The van der Waals surface area contributed by atoms with Crippen LogP contribution in [0.2, 0.25) is 0 Å². The number of aryl methyl sites for hydroxylation is 1. The molecule has 0 fully saturated rings. The Bertz CT molecular complexity index is 476. The molecule has 2 nitrogen and oxygen atoms in total. The SMILES string of the molecule is CCNCC(Cc1ccoc1)Cc1ccccc1C. The molecule has 0 aliphatic rings. The molecule has 102 valence electrons. The van der Waals surface area contributed by atoms with Crippen molar-refractivity contribution in [2.75, 3.05) is 13.1 Å². The third-order valence-electron chi connectivity index (χ3n) is 3.56. The molecule has 0 radical (unpaired) electrons. The number of furan rings is 1. The minimum Gasteiger partial charge on any atom is -0.472 e. The number of rotatable bonds is 7. The third-order valence-corrected chi connectivity index (χ3v) is 3.56. The molecule has 1 atom stereocenters. The van der Waals surface area contributed by atoms with Gasteiger partial charge in [-0.15, -0.1) is 0 Å². The number of benzene rings is 1. The molecule has 1 N–H and O–H groups in total. The summed E-state index contributed by atoms with van der Waals surface area (Å²) in [6.07, 6.45) is 5.80. The van der Waals surface area contributed by atoms with Gasteiger partial charge in [0.1, 0.15) is 0 Å². The first-order chi connectivity index (χ1) is 9.29. The maximum atomic E-state index is 5.17. The average molecular weight is 257 g/mol. The zero-order valence-corrected chi connectivity index (χ0v) is 11.9. The van der Waals surface area contributed by atoms with E-state index in [9.17, 15) is 0 Å². The van der Waals surface area contributed by atoms with E-state index in [1.165, 1.54) is 16.7 Å². The van der Waals surface area contributed by atoms with Gasteiger partial charge in [0.05, 0.1) is 12.5 Å². The van der Waals surface area contributed by atoms with Gasteiger partial charge >= 0.3 is 0 Å². The number of nitrogens with one attached hydrogen (secondary N) is 1. The lowest BCUT2D eigenvalue weighted by Crippen LogP contribution is -2.25. The molecule has 0 amide bonds. The van der Waals surface area contributed by atoms with Crippen LogP contribution < -0.4 is 5.32 Å². The standard InChI is InChI=1S/C17H23NO/c1-3-18-12-16(10-15-8-9-19-13-15)11-17-7-5-4-6-14(17)2/h4-9,13,16,18H,3,10-12H2,1-2H3. The predicted molar refractivity (Wildman–Crippen MR) is 79.3 cm³/mol. The molecule has 2 rings (SSSR count). The Morgan fingerprint density at radius 3 is 2.68 bits per heavy atom. The Morgan fingerprint density at radius 1 is 1.16 bits per heavy atom. The zero-order valence-electron chi connectivity index (χ0n) is 11.9. The smallest absolute Gasteiger partial charge is 0.0934 e. The molecule has 0 aliphatic carbocycles. The molecule has 1 aromatic carbocycles. The zero-order chi connectivity index (χ0) is 13.5. The molecular formula is C17H23NO. The molecule has 0 spiro atoms. The molecule has 0 saturated carbocycles. The Morgan fingerprint density at radius 2 is 2.00 bits per heavy atom. The van der Waals surface area contributed by atoms with Crippen LogP contribution in [0, 0.1) is 12.8 Å². The second-order valence-electron chi connectivity index (χ2n) is 5.14. The summed E-state index contributed by atoms with van der Waals surface area (Å²) in [5.41, 5.74) is 4.13. The van der Waals surface area contributed by atoms with Crippen LogP contribution in [0.15, 0.2) is 47.3 Å². The Balaban J connectivity index is 2.03. The largest absolute Gasteiger partial charge is 0.472 e. The molecule has 0 aliphatic heterocycles. The average Bonchev–Trinajstić information content (AvgIpc) is 2.91. The third kappa shape index (κ3) is 4.25. The van der Waals surface area contributed by atoms with Crippen LogP contribution in [0.3, 0.4) is 0 Å². The van der Waals surface area contributed by atoms with Gasteiger partial charge < -0.3 is 9.73 Å². The second kappa shape index (κ2) is 7.15. The molecule has 1 heterocycles. The van der Waals surface area contributed by atoms with E-state index < -0.39 is 0 Å². The maximum Gasteiger partial charge on any atom is 0.0934 e. The molecule has 0 bridgehead atoms. The highest BCUT2D eigenvalue weighted by Crippen LogP contribution is 2.17. The number of hydrogen-bond donors (Lipinski definition) is 1. The summed E-state index contributed by atoms with van der Waals surface area (Å²) in [7, 11) is 0. The minimum atomic E-state index is 0.610. The Hall–Kier alpha value is -1.54. The van der Waals surface area contributed by atoms with E-state index in [0.717, 1.165) is 25.9 Å². The summed E-state index contributed by atoms with van der Waals surface area (Å²) in [6, 6.07) is 10.7. The fourth-order valence-electron chi connectivity index (χ4n) is 2.46. The van der Waals surface area contributed by atoms with E-state index in [2.05, 4.69) is 49.5 Å². The molecular weight excluding hydrogens is 234 g/mol. The van der Waals surface area contributed by atoms with E-state index in [-0.39, 0.29) is 0 Å². The van der Waals surface area contributed by atoms with Crippen molar-refractivity contribution < 1.29 is 4.42 Å². The van der Waals surface area contributed by atoms with Crippen molar-refractivity contribution in [2.45, 2.75) is 26.7 Å². The van der Waals surface area contributed by atoms with Crippen LogP contribution in [0.25, 0.3) is 0 Å². The summed E-state index contributed by atoms with van der Waals surface area (Å²) in [6.45, 7) is 6.42. The Kier molecular flexibility index (Phi) is 5.22. The lowest BCUT2D eigenvalue weighted by molar-refractivity contribution is 0.473. The van der Waals surface area contributed by atoms with Crippen molar-refractivity contribution in [3.63, 3.8) is 0 Å². The van der Waals surface area contributed by atoms with E-state index >= 15 is 0 Å². The molecule has 1 unspecified atom stereocenters. The lowest BCUT2D eigenvalue weighted by Gasteiger charge is -2.18. The van der Waals surface area contributed by atoms with Crippen LogP contribution >= 0.6 is 0 Å². The quantitative estimate of drug-likeness (QED) is 0.820. The van der Waals surface area contributed by atoms with E-state index in [1.54, 1.807) is 6.26 Å². The highest BCUT2D eigenvalue weighted by atomic mass is 16.3. The van der Waals surface area contributed by atoms with Gasteiger partial charge in [-0.3, -0.25) is 0 Å². The van der Waals surface area contributed by atoms with Gasteiger partial charge in [0.15, 0.2) is 0 Å². The van der Waals surface area contributed by atoms with Crippen LogP contribution in [0.4, 0.5) is 0 Å². The summed E-state index contributed by atoms with van der Waals surface area (Å²) < 4.78 is 5.17. The molecule has 1 aromatic heterocycles. The predicted octanol–water partition coefficient (Wildman–Crippen LogP) is 3.60. The monoisotopic (exact) mass is 257 g/mol. The van der Waals surface area contributed by atoms with Gasteiger partial charge in [0.25, 0.3) is 0 Å². The summed E-state index contributed by atoms with van der Waals surface area (Å²) in [5, 5.41) is 3.47. The molecule has 2 aromatic rings. The van der Waals surface area contributed by atoms with Crippen molar-refractivity contribution in [3.8, 4) is 0 Å². The lowest BCUT2D eigenvalue weighted by atomic mass is 9.91. The fourth-order valence-corrected chi connectivity index (χ4v) is 2.46. The minimum absolute atomic E-state index is 0.610. The first-order valence-electron chi connectivity index (χ1n) is 7.06. The Labute approximate surface area is 115 Å². The van der Waals surface area contributed by atoms with Gasteiger partial charge in [-0.1, -0.05) is 31.2 Å². The van der Waals surface area contributed by atoms with Crippen LogP contribution in [-0.4, -0.2) is 13.1 Å². The normalized spacial score (nSPS) is 12.5. The van der Waals surface area contributed by atoms with Crippen molar-refractivity contribution in [1.82, 2.24) is 5.32 Å².